The van der Waals surface area contributed by atoms with Crippen molar-refractivity contribution in [2.45, 2.75) is 64.1 Å². The number of hydrogen-bond acceptors (Lipinski definition) is 4. The summed E-state index contributed by atoms with van der Waals surface area (Å²) in [6.07, 6.45) is 5.59. The lowest BCUT2D eigenvalue weighted by molar-refractivity contribution is -0.147. The number of rotatable bonds is 7. The van der Waals surface area contributed by atoms with Crippen molar-refractivity contribution < 1.29 is 19.7 Å². The third-order valence-corrected chi connectivity index (χ3v) is 8.71. The van der Waals surface area contributed by atoms with Crippen LogP contribution < -0.4 is 4.74 Å². The van der Waals surface area contributed by atoms with Crippen molar-refractivity contribution in [1.82, 2.24) is 4.90 Å². The van der Waals surface area contributed by atoms with Crippen LogP contribution in [0.15, 0.2) is 54.6 Å². The fourth-order valence-electron chi connectivity index (χ4n) is 6.61. The number of carboxylic acid groups (broad SMARTS) is 1. The van der Waals surface area contributed by atoms with E-state index in [1.165, 1.54) is 22.3 Å². The van der Waals surface area contributed by atoms with Crippen molar-refractivity contribution in [3.05, 3.63) is 82.4 Å². The Morgan fingerprint density at radius 2 is 1.89 bits per heavy atom. The number of phenolic OH excluding ortho intramolecular Hbond substituents is 1. The molecule has 36 heavy (non-hydrogen) atoms. The maximum absolute atomic E-state index is 12.1. The molecule has 0 amide bonds. The summed E-state index contributed by atoms with van der Waals surface area (Å²) >= 11 is 0. The van der Waals surface area contributed by atoms with Crippen LogP contribution in [0.5, 0.6) is 11.5 Å². The van der Waals surface area contributed by atoms with Crippen molar-refractivity contribution in [1.29, 1.82) is 0 Å². The molecular formula is C31H33NO4. The maximum atomic E-state index is 12.1. The van der Waals surface area contributed by atoms with E-state index in [0.717, 1.165) is 67.5 Å². The van der Waals surface area contributed by atoms with Gasteiger partial charge in [-0.15, -0.1) is 0 Å². The highest BCUT2D eigenvalue weighted by molar-refractivity contribution is 5.83. The zero-order valence-corrected chi connectivity index (χ0v) is 20.8. The minimum Gasteiger partial charge on any atom is -0.507 e. The van der Waals surface area contributed by atoms with Crippen LogP contribution in [0.4, 0.5) is 0 Å². The number of fused-ring (bicyclic) bond motifs is 2. The molecule has 5 heteroatoms. The van der Waals surface area contributed by atoms with Crippen molar-refractivity contribution in [2.24, 2.45) is 5.92 Å². The molecule has 5 nitrogen and oxygen atoms in total. The van der Waals surface area contributed by atoms with Gasteiger partial charge >= 0.3 is 5.97 Å². The van der Waals surface area contributed by atoms with Gasteiger partial charge in [0.2, 0.25) is 0 Å². The average Bonchev–Trinajstić information content (AvgIpc) is 3.46. The normalized spacial score (nSPS) is 22.6. The molecule has 0 radical (unpaired) electrons. The first-order valence-electron chi connectivity index (χ1n) is 13.1. The predicted molar refractivity (Wildman–Crippen MR) is 139 cm³/mol. The number of aliphatic carboxylic acids is 1. The minimum absolute atomic E-state index is 0.226. The number of piperidine rings is 1. The predicted octanol–water partition coefficient (Wildman–Crippen LogP) is 5.87. The molecule has 2 atom stereocenters. The van der Waals surface area contributed by atoms with E-state index in [9.17, 15) is 15.0 Å². The number of benzene rings is 3. The summed E-state index contributed by atoms with van der Waals surface area (Å²) in [5, 5.41) is 21.1. The van der Waals surface area contributed by atoms with Crippen molar-refractivity contribution in [2.75, 3.05) is 6.54 Å². The molecule has 6 rings (SSSR count). The first-order chi connectivity index (χ1) is 17.5. The van der Waals surface area contributed by atoms with Crippen LogP contribution in [0, 0.1) is 12.8 Å². The highest BCUT2D eigenvalue weighted by Gasteiger charge is 2.65. The van der Waals surface area contributed by atoms with E-state index < -0.39 is 11.5 Å². The van der Waals surface area contributed by atoms with Crippen molar-refractivity contribution in [3.8, 4) is 22.6 Å². The largest absolute Gasteiger partial charge is 0.507 e. The molecule has 3 aliphatic rings. The summed E-state index contributed by atoms with van der Waals surface area (Å²) in [5.41, 5.74) is 7.21. The van der Waals surface area contributed by atoms with Gasteiger partial charge in [0.25, 0.3) is 0 Å². The minimum atomic E-state index is -0.730. The van der Waals surface area contributed by atoms with Gasteiger partial charge in [0.05, 0.1) is 0 Å². The van der Waals surface area contributed by atoms with Crippen molar-refractivity contribution >= 4 is 5.97 Å². The lowest BCUT2D eigenvalue weighted by Crippen LogP contribution is -2.47. The average molecular weight is 484 g/mol. The van der Waals surface area contributed by atoms with Crippen LogP contribution >= 0.6 is 0 Å². The van der Waals surface area contributed by atoms with Gasteiger partial charge in [-0.1, -0.05) is 48.5 Å². The summed E-state index contributed by atoms with van der Waals surface area (Å²) < 4.78 is 6.35. The monoisotopic (exact) mass is 483 g/mol. The first kappa shape index (κ1) is 23.1. The van der Waals surface area contributed by atoms with Gasteiger partial charge in [-0.2, -0.15) is 0 Å². The number of ether oxygens (including phenoxy) is 1. The highest BCUT2D eigenvalue weighted by atomic mass is 16.5. The van der Waals surface area contributed by atoms with E-state index in [1.54, 1.807) is 6.07 Å². The first-order valence-corrected chi connectivity index (χ1v) is 13.1. The van der Waals surface area contributed by atoms with Gasteiger partial charge < -0.3 is 14.9 Å². The number of carbonyl (C=O) groups is 1. The van der Waals surface area contributed by atoms with E-state index >= 15 is 0 Å². The quantitative estimate of drug-likeness (QED) is 0.440. The van der Waals surface area contributed by atoms with Gasteiger partial charge in [0.15, 0.2) is 0 Å². The zero-order valence-electron chi connectivity index (χ0n) is 20.8. The third kappa shape index (κ3) is 3.77. The molecule has 2 unspecified atom stereocenters. The Labute approximate surface area is 212 Å². The van der Waals surface area contributed by atoms with Crippen LogP contribution in [0.3, 0.4) is 0 Å². The van der Waals surface area contributed by atoms with Crippen LogP contribution in [0.2, 0.25) is 0 Å². The molecule has 1 saturated heterocycles. The van der Waals surface area contributed by atoms with Crippen LogP contribution in [-0.4, -0.2) is 33.2 Å². The second-order valence-corrected chi connectivity index (χ2v) is 10.6. The summed E-state index contributed by atoms with van der Waals surface area (Å²) in [6, 6.07) is 18.4. The molecule has 1 saturated carbocycles. The second kappa shape index (κ2) is 8.97. The second-order valence-electron chi connectivity index (χ2n) is 10.6. The molecular weight excluding hydrogens is 450 g/mol. The molecule has 0 bridgehead atoms. The van der Waals surface area contributed by atoms with Crippen LogP contribution in [0.25, 0.3) is 11.1 Å². The standard InChI is InChI=1S/C31H33NO4/c1-20-22(10-5-12-24(20)21-8-3-2-4-9-21)19-36-29-16-28(33)27(25-13-6-14-26(25)29)18-32-15-7-11-23-17-31(23,32)30(34)35/h2-5,8-10,12,16,23,33H,6-7,11,13-15,17-19H2,1H3,(H,34,35). The fraction of sp³-hybridized carbons (Fsp3) is 0.387. The highest BCUT2D eigenvalue weighted by Crippen LogP contribution is 2.55. The van der Waals surface area contributed by atoms with Crippen molar-refractivity contribution in [3.63, 3.8) is 0 Å². The summed E-state index contributed by atoms with van der Waals surface area (Å²) in [6.45, 7) is 3.84. The Bertz CT molecular complexity index is 1320. The van der Waals surface area contributed by atoms with Crippen LogP contribution in [-0.2, 0) is 30.8 Å². The number of carboxylic acids is 1. The number of aromatic hydroxyl groups is 1. The van der Waals surface area contributed by atoms with E-state index in [4.69, 9.17) is 4.74 Å². The Hall–Kier alpha value is -3.31. The molecule has 3 aromatic carbocycles. The molecule has 0 aromatic heterocycles. The van der Waals surface area contributed by atoms with Gasteiger partial charge in [0, 0.05) is 18.2 Å². The van der Waals surface area contributed by atoms with E-state index in [0.29, 0.717) is 13.2 Å². The summed E-state index contributed by atoms with van der Waals surface area (Å²) in [4.78, 5) is 14.2. The topological polar surface area (TPSA) is 70.0 Å². The molecule has 1 aliphatic heterocycles. The van der Waals surface area contributed by atoms with E-state index in [2.05, 4.69) is 54.3 Å². The van der Waals surface area contributed by atoms with Gasteiger partial charge in [-0.25, -0.2) is 0 Å². The number of phenols is 1. The number of nitrogens with zero attached hydrogens (tertiary/aromatic N) is 1. The Balaban J connectivity index is 1.25. The lowest BCUT2D eigenvalue weighted by atomic mass is 9.96. The fourth-order valence-corrected chi connectivity index (χ4v) is 6.61. The van der Waals surface area contributed by atoms with E-state index in [-0.39, 0.29) is 11.7 Å². The molecule has 186 valence electrons. The number of likely N-dealkylation sites (tertiary alicyclic amines) is 1. The summed E-state index contributed by atoms with van der Waals surface area (Å²) in [7, 11) is 0. The lowest BCUT2D eigenvalue weighted by Gasteiger charge is -2.34. The Kier molecular flexibility index (Phi) is 5.76. The van der Waals surface area contributed by atoms with Gasteiger partial charge in [0.1, 0.15) is 23.6 Å². The Morgan fingerprint density at radius 3 is 2.69 bits per heavy atom. The molecule has 2 N–H and O–H groups in total. The third-order valence-electron chi connectivity index (χ3n) is 8.71. The molecule has 1 heterocycles. The smallest absolute Gasteiger partial charge is 0.324 e. The molecule has 3 aromatic rings. The zero-order chi connectivity index (χ0) is 24.9. The summed E-state index contributed by atoms with van der Waals surface area (Å²) in [5.74, 6) is 0.515. The van der Waals surface area contributed by atoms with Crippen LogP contribution in [0.1, 0.15) is 53.5 Å². The van der Waals surface area contributed by atoms with Gasteiger partial charge in [-0.05, 0) is 91.3 Å². The maximum Gasteiger partial charge on any atom is 0.324 e. The SMILES string of the molecule is Cc1c(COc2cc(O)c(CN3CCCC4CC43C(=O)O)c3c2CCC3)cccc1-c1ccccc1. The molecule has 2 fully saturated rings. The molecule has 0 spiro atoms. The van der Waals surface area contributed by atoms with Gasteiger partial charge in [-0.3, -0.25) is 9.69 Å². The van der Waals surface area contributed by atoms with E-state index in [1.807, 2.05) is 6.07 Å². The molecule has 2 aliphatic carbocycles. The Morgan fingerprint density at radius 1 is 1.08 bits per heavy atom. The number of hydrogen-bond donors (Lipinski definition) is 2.